The van der Waals surface area contributed by atoms with E-state index < -0.39 is 5.97 Å². The number of hydrogen-bond donors (Lipinski definition) is 1. The van der Waals surface area contributed by atoms with E-state index in [4.69, 9.17) is 0 Å². The summed E-state index contributed by atoms with van der Waals surface area (Å²) in [5.74, 6) is -1.04. The number of aromatic carboxylic acids is 1. The highest BCUT2D eigenvalue weighted by Crippen LogP contribution is 2.21. The van der Waals surface area contributed by atoms with Crippen LogP contribution < -0.4 is 5.56 Å². The Morgan fingerprint density at radius 3 is 2.57 bits per heavy atom. The first-order valence-electron chi connectivity index (χ1n) is 6.98. The zero-order valence-corrected chi connectivity index (χ0v) is 13.4. The van der Waals surface area contributed by atoms with Crippen molar-refractivity contribution in [3.8, 4) is 0 Å². The fraction of sp³-hybridized carbons (Fsp3) is 0.118. The molecule has 6 heteroatoms. The normalized spacial score (nSPS) is 11.4. The molecular weight excluding hydrogens is 312 g/mol. The van der Waals surface area contributed by atoms with Crippen molar-refractivity contribution in [2.45, 2.75) is 13.8 Å². The Balaban J connectivity index is 2.16. The first kappa shape index (κ1) is 15.2. The molecule has 0 aliphatic rings. The summed E-state index contributed by atoms with van der Waals surface area (Å²) >= 11 is 1.01. The van der Waals surface area contributed by atoms with Gasteiger partial charge in [0.2, 0.25) is 0 Å². The van der Waals surface area contributed by atoms with Gasteiger partial charge in [0.1, 0.15) is 4.88 Å². The Kier molecular flexibility index (Phi) is 3.83. The van der Waals surface area contributed by atoms with E-state index in [0.29, 0.717) is 21.9 Å². The minimum absolute atomic E-state index is 0.137. The van der Waals surface area contributed by atoms with Crippen LogP contribution in [0.1, 0.15) is 32.2 Å². The standard InChI is InChI=1S/C17H14N2O3S/c1-10-13(9-8-12-6-4-3-5-7-12)18-17-19(15(10)20)11(2)14(23-17)16(21)22/h3-9H,1-2H3,(H,21,22). The topological polar surface area (TPSA) is 71.7 Å². The third-order valence-electron chi connectivity index (χ3n) is 3.60. The van der Waals surface area contributed by atoms with Gasteiger partial charge in [-0.05, 0) is 25.5 Å². The molecule has 23 heavy (non-hydrogen) atoms. The van der Waals surface area contributed by atoms with E-state index >= 15 is 0 Å². The van der Waals surface area contributed by atoms with Gasteiger partial charge in [-0.3, -0.25) is 9.20 Å². The molecule has 2 aromatic heterocycles. The number of aromatic nitrogens is 2. The second-order valence-electron chi connectivity index (χ2n) is 5.11. The van der Waals surface area contributed by atoms with Crippen LogP contribution in [-0.4, -0.2) is 20.5 Å². The monoisotopic (exact) mass is 326 g/mol. The van der Waals surface area contributed by atoms with Crippen LogP contribution >= 0.6 is 11.3 Å². The van der Waals surface area contributed by atoms with Gasteiger partial charge in [-0.25, -0.2) is 9.78 Å². The number of carboxylic acids is 1. The van der Waals surface area contributed by atoms with E-state index in [1.165, 1.54) is 4.40 Å². The number of rotatable bonds is 3. The molecule has 0 aliphatic heterocycles. The van der Waals surface area contributed by atoms with Gasteiger partial charge in [0.05, 0.1) is 11.4 Å². The van der Waals surface area contributed by atoms with E-state index in [0.717, 1.165) is 16.9 Å². The van der Waals surface area contributed by atoms with Gasteiger partial charge in [0.15, 0.2) is 4.96 Å². The highest BCUT2D eigenvalue weighted by molar-refractivity contribution is 7.18. The van der Waals surface area contributed by atoms with E-state index in [9.17, 15) is 14.7 Å². The largest absolute Gasteiger partial charge is 0.477 e. The van der Waals surface area contributed by atoms with Gasteiger partial charge in [0.25, 0.3) is 5.56 Å². The minimum atomic E-state index is -1.04. The van der Waals surface area contributed by atoms with Crippen molar-refractivity contribution in [3.63, 3.8) is 0 Å². The number of thiazole rings is 1. The second-order valence-corrected chi connectivity index (χ2v) is 6.09. The molecule has 1 aromatic carbocycles. The molecule has 0 bridgehead atoms. The molecule has 0 aliphatic carbocycles. The summed E-state index contributed by atoms with van der Waals surface area (Å²) in [6.07, 6.45) is 3.66. The first-order valence-corrected chi connectivity index (χ1v) is 7.80. The lowest BCUT2D eigenvalue weighted by Gasteiger charge is -2.02. The molecule has 3 rings (SSSR count). The molecule has 116 valence electrons. The molecule has 1 N–H and O–H groups in total. The van der Waals surface area contributed by atoms with E-state index in [1.807, 2.05) is 36.4 Å². The van der Waals surface area contributed by atoms with Crippen LogP contribution in [-0.2, 0) is 0 Å². The van der Waals surface area contributed by atoms with Gasteiger partial charge in [0, 0.05) is 5.56 Å². The quantitative estimate of drug-likeness (QED) is 0.802. The smallest absolute Gasteiger partial charge is 0.347 e. The maximum absolute atomic E-state index is 12.5. The van der Waals surface area contributed by atoms with Crippen LogP contribution in [0.4, 0.5) is 0 Å². The minimum Gasteiger partial charge on any atom is -0.477 e. The zero-order valence-electron chi connectivity index (χ0n) is 12.6. The fourth-order valence-electron chi connectivity index (χ4n) is 2.33. The third-order valence-corrected chi connectivity index (χ3v) is 4.73. The number of fused-ring (bicyclic) bond motifs is 1. The van der Waals surface area contributed by atoms with Crippen LogP contribution in [0.15, 0.2) is 35.1 Å². The molecule has 0 fully saturated rings. The van der Waals surface area contributed by atoms with Crippen molar-refractivity contribution in [1.82, 2.24) is 9.38 Å². The van der Waals surface area contributed by atoms with Crippen LogP contribution in [0.2, 0.25) is 0 Å². The lowest BCUT2D eigenvalue weighted by atomic mass is 10.1. The Bertz CT molecular complexity index is 984. The van der Waals surface area contributed by atoms with Gasteiger partial charge >= 0.3 is 5.97 Å². The van der Waals surface area contributed by atoms with E-state index in [2.05, 4.69) is 4.98 Å². The first-order chi connectivity index (χ1) is 11.0. The van der Waals surface area contributed by atoms with Crippen molar-refractivity contribution < 1.29 is 9.90 Å². The molecule has 0 unspecified atom stereocenters. The van der Waals surface area contributed by atoms with Crippen molar-refractivity contribution in [2.24, 2.45) is 0 Å². The predicted octanol–water partition coefficient (Wildman–Crippen LogP) is 3.24. The average molecular weight is 326 g/mol. The predicted molar refractivity (Wildman–Crippen MR) is 91.1 cm³/mol. The highest BCUT2D eigenvalue weighted by atomic mass is 32.1. The Morgan fingerprint density at radius 1 is 1.22 bits per heavy atom. The molecule has 0 amide bonds. The zero-order chi connectivity index (χ0) is 16.6. The maximum Gasteiger partial charge on any atom is 0.347 e. The third kappa shape index (κ3) is 2.68. The van der Waals surface area contributed by atoms with E-state index in [-0.39, 0.29) is 10.4 Å². The lowest BCUT2D eigenvalue weighted by Crippen LogP contribution is -2.19. The summed E-state index contributed by atoms with van der Waals surface area (Å²) in [6, 6.07) is 9.70. The molecule has 0 saturated carbocycles. The molecule has 3 aromatic rings. The Hall–Kier alpha value is -2.73. The number of hydrogen-bond acceptors (Lipinski definition) is 4. The fourth-order valence-corrected chi connectivity index (χ4v) is 3.30. The number of carboxylic acid groups (broad SMARTS) is 1. The van der Waals surface area contributed by atoms with Crippen molar-refractivity contribution >= 4 is 34.4 Å². The van der Waals surface area contributed by atoms with Crippen LogP contribution in [0.5, 0.6) is 0 Å². The van der Waals surface area contributed by atoms with Gasteiger partial charge < -0.3 is 5.11 Å². The summed E-state index contributed by atoms with van der Waals surface area (Å²) in [4.78, 5) is 28.7. The summed E-state index contributed by atoms with van der Waals surface area (Å²) in [7, 11) is 0. The van der Waals surface area contributed by atoms with Crippen molar-refractivity contribution in [2.75, 3.05) is 0 Å². The molecule has 0 spiro atoms. The van der Waals surface area contributed by atoms with E-state index in [1.54, 1.807) is 19.9 Å². The molecular formula is C17H14N2O3S. The summed E-state index contributed by atoms with van der Waals surface area (Å²) < 4.78 is 1.36. The number of aryl methyl sites for hydroxylation is 1. The molecule has 5 nitrogen and oxygen atoms in total. The maximum atomic E-state index is 12.5. The SMILES string of the molecule is Cc1c(C=Cc2ccccc2)nc2sc(C(=O)O)c(C)n2c1=O. The van der Waals surface area contributed by atoms with Crippen molar-refractivity contribution in [1.29, 1.82) is 0 Å². The van der Waals surface area contributed by atoms with Crippen LogP contribution in [0.25, 0.3) is 17.1 Å². The number of carbonyl (C=O) groups is 1. The Morgan fingerprint density at radius 2 is 1.91 bits per heavy atom. The molecule has 0 atom stereocenters. The molecule has 0 saturated heterocycles. The van der Waals surface area contributed by atoms with Gasteiger partial charge in [-0.15, -0.1) is 0 Å². The number of nitrogens with zero attached hydrogens (tertiary/aromatic N) is 2. The van der Waals surface area contributed by atoms with Crippen LogP contribution in [0, 0.1) is 13.8 Å². The number of benzene rings is 1. The van der Waals surface area contributed by atoms with Gasteiger partial charge in [-0.2, -0.15) is 0 Å². The summed E-state index contributed by atoms with van der Waals surface area (Å²) in [5, 5.41) is 9.20. The van der Waals surface area contributed by atoms with Crippen LogP contribution in [0.3, 0.4) is 0 Å². The second kappa shape index (κ2) is 5.81. The van der Waals surface area contributed by atoms with Crippen molar-refractivity contribution in [3.05, 3.63) is 68.1 Å². The summed E-state index contributed by atoms with van der Waals surface area (Å²) in [5.41, 5.74) is 2.23. The summed E-state index contributed by atoms with van der Waals surface area (Å²) in [6.45, 7) is 3.32. The highest BCUT2D eigenvalue weighted by Gasteiger charge is 2.18. The average Bonchev–Trinajstić information content (AvgIpc) is 2.87. The lowest BCUT2D eigenvalue weighted by molar-refractivity contribution is 0.0701. The Labute approximate surface area is 136 Å². The molecule has 2 heterocycles. The van der Waals surface area contributed by atoms with Gasteiger partial charge in [-0.1, -0.05) is 47.7 Å². The molecule has 0 radical (unpaired) electrons.